The molecule has 1 N–H and O–H groups in total. The number of halogens is 1. The highest BCUT2D eigenvalue weighted by atomic mass is 35.5. The van der Waals surface area contributed by atoms with Crippen molar-refractivity contribution in [2.45, 2.75) is 19.3 Å². The van der Waals surface area contributed by atoms with Crippen LogP contribution in [0.25, 0.3) is 0 Å². The summed E-state index contributed by atoms with van der Waals surface area (Å²) in [5.74, 6) is 0.0459. The number of hydrogen-bond acceptors (Lipinski definition) is 3. The highest BCUT2D eigenvalue weighted by Crippen LogP contribution is 2.18. The summed E-state index contributed by atoms with van der Waals surface area (Å²) in [6, 6.07) is 7.62. The molecule has 0 aliphatic carbocycles. The number of rotatable bonds is 4. The molecular formula is C16H21ClN2O3. The lowest BCUT2D eigenvalue weighted by Gasteiger charge is -2.30. The van der Waals surface area contributed by atoms with Gasteiger partial charge < -0.3 is 15.0 Å². The van der Waals surface area contributed by atoms with Crippen LogP contribution in [-0.4, -0.2) is 43.6 Å². The fraction of sp³-hybridized carbons (Fsp3) is 0.500. The molecule has 0 spiro atoms. The van der Waals surface area contributed by atoms with Gasteiger partial charge in [0.05, 0.1) is 7.11 Å². The Hall–Kier alpha value is -1.75. The van der Waals surface area contributed by atoms with E-state index in [0.717, 1.165) is 12.0 Å². The SMILES string of the molecule is COC(=O)N1CCC(C(=O)NCCc2ccc(Cl)cc2)CC1. The van der Waals surface area contributed by atoms with Crippen LogP contribution < -0.4 is 5.32 Å². The lowest BCUT2D eigenvalue weighted by molar-refractivity contribution is -0.126. The number of nitrogens with one attached hydrogen (secondary N) is 1. The van der Waals surface area contributed by atoms with Gasteiger partial charge in [0.15, 0.2) is 0 Å². The van der Waals surface area contributed by atoms with Gasteiger partial charge in [0.25, 0.3) is 0 Å². The van der Waals surface area contributed by atoms with Crippen molar-refractivity contribution in [2.75, 3.05) is 26.7 Å². The lowest BCUT2D eigenvalue weighted by atomic mass is 9.96. The Bertz CT molecular complexity index is 511. The molecule has 0 saturated carbocycles. The second-order valence-electron chi connectivity index (χ2n) is 5.40. The molecule has 0 unspecified atom stereocenters. The average molecular weight is 325 g/mol. The van der Waals surface area contributed by atoms with Gasteiger partial charge in [-0.1, -0.05) is 23.7 Å². The number of carbonyl (C=O) groups excluding carboxylic acids is 2. The third-order valence-corrected chi connectivity index (χ3v) is 4.18. The van der Waals surface area contributed by atoms with E-state index in [-0.39, 0.29) is 17.9 Å². The largest absolute Gasteiger partial charge is 0.453 e. The van der Waals surface area contributed by atoms with E-state index in [2.05, 4.69) is 10.1 Å². The molecular weight excluding hydrogens is 304 g/mol. The number of hydrogen-bond donors (Lipinski definition) is 1. The Morgan fingerprint density at radius 3 is 2.50 bits per heavy atom. The van der Waals surface area contributed by atoms with Gasteiger partial charge in [-0.05, 0) is 37.0 Å². The van der Waals surface area contributed by atoms with E-state index in [1.54, 1.807) is 4.90 Å². The second-order valence-corrected chi connectivity index (χ2v) is 5.84. The van der Waals surface area contributed by atoms with E-state index in [0.29, 0.717) is 37.5 Å². The first-order valence-electron chi connectivity index (χ1n) is 7.45. The minimum Gasteiger partial charge on any atom is -0.453 e. The molecule has 0 radical (unpaired) electrons. The molecule has 120 valence electrons. The van der Waals surface area contributed by atoms with Crippen LogP contribution in [0.2, 0.25) is 5.02 Å². The average Bonchev–Trinajstić information content (AvgIpc) is 2.56. The van der Waals surface area contributed by atoms with Gasteiger partial charge in [0.2, 0.25) is 5.91 Å². The number of piperidine rings is 1. The fourth-order valence-corrected chi connectivity index (χ4v) is 2.70. The molecule has 0 atom stereocenters. The molecule has 2 rings (SSSR count). The first kappa shape index (κ1) is 16.6. The monoisotopic (exact) mass is 324 g/mol. The minimum atomic E-state index is -0.318. The normalized spacial score (nSPS) is 15.5. The molecule has 1 saturated heterocycles. The summed E-state index contributed by atoms with van der Waals surface area (Å²) in [5, 5.41) is 3.68. The van der Waals surface area contributed by atoms with Crippen molar-refractivity contribution in [3.63, 3.8) is 0 Å². The minimum absolute atomic E-state index is 0.0221. The van der Waals surface area contributed by atoms with E-state index < -0.39 is 0 Å². The molecule has 22 heavy (non-hydrogen) atoms. The molecule has 1 aromatic rings. The quantitative estimate of drug-likeness (QED) is 0.925. The van der Waals surface area contributed by atoms with Crippen LogP contribution in [0.3, 0.4) is 0 Å². The zero-order valence-corrected chi connectivity index (χ0v) is 13.4. The Morgan fingerprint density at radius 1 is 1.27 bits per heavy atom. The van der Waals surface area contributed by atoms with Gasteiger partial charge >= 0.3 is 6.09 Å². The van der Waals surface area contributed by atoms with Crippen molar-refractivity contribution in [3.05, 3.63) is 34.9 Å². The van der Waals surface area contributed by atoms with E-state index in [1.807, 2.05) is 24.3 Å². The van der Waals surface area contributed by atoms with Crippen LogP contribution in [-0.2, 0) is 16.0 Å². The number of methoxy groups -OCH3 is 1. The maximum atomic E-state index is 12.1. The fourth-order valence-electron chi connectivity index (χ4n) is 2.58. The van der Waals surface area contributed by atoms with Crippen LogP contribution in [0.4, 0.5) is 4.79 Å². The third kappa shape index (κ3) is 4.63. The van der Waals surface area contributed by atoms with E-state index in [1.165, 1.54) is 7.11 Å². The predicted molar refractivity (Wildman–Crippen MR) is 84.9 cm³/mol. The summed E-state index contributed by atoms with van der Waals surface area (Å²) in [6.07, 6.45) is 1.83. The van der Waals surface area contributed by atoms with Crippen LogP contribution in [0, 0.1) is 5.92 Å². The first-order valence-corrected chi connectivity index (χ1v) is 7.83. The van der Waals surface area contributed by atoms with Gasteiger partial charge in [-0.15, -0.1) is 0 Å². The maximum absolute atomic E-state index is 12.1. The summed E-state index contributed by atoms with van der Waals surface area (Å²) in [5.41, 5.74) is 1.14. The maximum Gasteiger partial charge on any atom is 0.409 e. The molecule has 1 aliphatic heterocycles. The molecule has 2 amide bonds. The summed E-state index contributed by atoms with van der Waals surface area (Å²) >= 11 is 5.84. The standard InChI is InChI=1S/C16H21ClN2O3/c1-22-16(21)19-10-7-13(8-11-19)15(20)18-9-6-12-2-4-14(17)5-3-12/h2-5,13H,6-11H2,1H3,(H,18,20). The Kier molecular flexibility index (Phi) is 6.07. The van der Waals surface area contributed by atoms with Crippen molar-refractivity contribution >= 4 is 23.6 Å². The Morgan fingerprint density at radius 2 is 1.91 bits per heavy atom. The summed E-state index contributed by atoms with van der Waals surface area (Å²) in [4.78, 5) is 25.1. The number of benzene rings is 1. The summed E-state index contributed by atoms with van der Waals surface area (Å²) in [6.45, 7) is 1.75. The topological polar surface area (TPSA) is 58.6 Å². The molecule has 0 aromatic heterocycles. The molecule has 1 aromatic carbocycles. The number of nitrogens with zero attached hydrogens (tertiary/aromatic N) is 1. The number of likely N-dealkylation sites (tertiary alicyclic amines) is 1. The van der Waals surface area contributed by atoms with E-state index in [9.17, 15) is 9.59 Å². The van der Waals surface area contributed by atoms with Gasteiger partial charge in [0, 0.05) is 30.6 Å². The zero-order chi connectivity index (χ0) is 15.9. The third-order valence-electron chi connectivity index (χ3n) is 3.92. The summed E-state index contributed by atoms with van der Waals surface area (Å²) < 4.78 is 4.68. The molecule has 1 fully saturated rings. The number of carbonyl (C=O) groups is 2. The van der Waals surface area contributed by atoms with Crippen LogP contribution in [0.15, 0.2) is 24.3 Å². The van der Waals surface area contributed by atoms with Crippen molar-refractivity contribution in [2.24, 2.45) is 5.92 Å². The van der Waals surface area contributed by atoms with E-state index >= 15 is 0 Å². The van der Waals surface area contributed by atoms with Crippen LogP contribution in [0.5, 0.6) is 0 Å². The van der Waals surface area contributed by atoms with Gasteiger partial charge in [-0.25, -0.2) is 4.79 Å². The lowest BCUT2D eigenvalue weighted by Crippen LogP contribution is -2.43. The number of amides is 2. The van der Waals surface area contributed by atoms with Crippen molar-refractivity contribution in [1.82, 2.24) is 10.2 Å². The molecule has 1 heterocycles. The van der Waals surface area contributed by atoms with Gasteiger partial charge in [0.1, 0.15) is 0 Å². The summed E-state index contributed by atoms with van der Waals surface area (Å²) in [7, 11) is 1.37. The van der Waals surface area contributed by atoms with Crippen LogP contribution >= 0.6 is 11.6 Å². The second kappa shape index (κ2) is 8.03. The van der Waals surface area contributed by atoms with E-state index in [4.69, 9.17) is 11.6 Å². The smallest absolute Gasteiger partial charge is 0.409 e. The highest BCUT2D eigenvalue weighted by Gasteiger charge is 2.27. The number of ether oxygens (including phenoxy) is 1. The van der Waals surface area contributed by atoms with Crippen molar-refractivity contribution < 1.29 is 14.3 Å². The molecule has 5 nitrogen and oxygen atoms in total. The highest BCUT2D eigenvalue weighted by molar-refractivity contribution is 6.30. The predicted octanol–water partition coefficient (Wildman–Crippen LogP) is 2.48. The van der Waals surface area contributed by atoms with Crippen LogP contribution in [0.1, 0.15) is 18.4 Å². The van der Waals surface area contributed by atoms with Crippen molar-refractivity contribution in [1.29, 1.82) is 0 Å². The van der Waals surface area contributed by atoms with Gasteiger partial charge in [-0.2, -0.15) is 0 Å². The molecule has 1 aliphatic rings. The van der Waals surface area contributed by atoms with Crippen molar-refractivity contribution in [3.8, 4) is 0 Å². The first-order chi connectivity index (χ1) is 10.6. The molecule has 6 heteroatoms. The Labute approximate surface area is 135 Å². The Balaban J connectivity index is 1.70. The molecule has 0 bridgehead atoms. The zero-order valence-electron chi connectivity index (χ0n) is 12.7. The van der Waals surface area contributed by atoms with Gasteiger partial charge in [-0.3, -0.25) is 4.79 Å².